The van der Waals surface area contributed by atoms with E-state index in [-0.39, 0.29) is 23.4 Å². The maximum absolute atomic E-state index is 13.9. The number of aryl methyl sites for hydroxylation is 1. The molecule has 2 atom stereocenters. The summed E-state index contributed by atoms with van der Waals surface area (Å²) in [5, 5.41) is 2.93. The Kier molecular flexibility index (Phi) is 10.1. The molecule has 3 rings (SSSR count). The lowest BCUT2D eigenvalue weighted by Gasteiger charge is -2.32. The van der Waals surface area contributed by atoms with Gasteiger partial charge in [-0.05, 0) is 69.2 Å². The van der Waals surface area contributed by atoms with Crippen LogP contribution in [0.15, 0.2) is 83.8 Å². The molecule has 2 amide bonds. The SMILES string of the molecule is CC[C@H](C)NC(=O)[C@@H](C)N(Cc1ccc(OC)cc1)C(=O)CN(c1ccccc1)S(=O)(=O)c1ccc(C)cc1. The van der Waals surface area contributed by atoms with Crippen molar-refractivity contribution in [1.82, 2.24) is 10.2 Å². The van der Waals surface area contributed by atoms with Crippen LogP contribution in [0, 0.1) is 6.92 Å². The molecular formula is C30H37N3O5S. The van der Waals surface area contributed by atoms with E-state index in [4.69, 9.17) is 4.74 Å². The van der Waals surface area contributed by atoms with Crippen LogP contribution in [0.25, 0.3) is 0 Å². The fraction of sp³-hybridized carbons (Fsp3) is 0.333. The van der Waals surface area contributed by atoms with Gasteiger partial charge in [0.25, 0.3) is 10.0 Å². The molecule has 0 bridgehead atoms. The smallest absolute Gasteiger partial charge is 0.264 e. The Bertz CT molecular complexity index is 1340. The van der Waals surface area contributed by atoms with E-state index in [1.165, 1.54) is 17.0 Å². The second-order valence-corrected chi connectivity index (χ2v) is 11.4. The lowest BCUT2D eigenvalue weighted by molar-refractivity contribution is -0.139. The van der Waals surface area contributed by atoms with E-state index < -0.39 is 28.5 Å². The van der Waals surface area contributed by atoms with Crippen molar-refractivity contribution in [2.75, 3.05) is 18.0 Å². The highest BCUT2D eigenvalue weighted by atomic mass is 32.2. The van der Waals surface area contributed by atoms with Crippen molar-refractivity contribution in [3.05, 3.63) is 90.0 Å². The number of hydrogen-bond donors (Lipinski definition) is 1. The number of methoxy groups -OCH3 is 1. The van der Waals surface area contributed by atoms with Crippen LogP contribution >= 0.6 is 0 Å². The Balaban J connectivity index is 1.99. The number of carbonyl (C=O) groups excluding carboxylic acids is 2. The van der Waals surface area contributed by atoms with E-state index in [1.54, 1.807) is 68.6 Å². The molecule has 3 aromatic carbocycles. The summed E-state index contributed by atoms with van der Waals surface area (Å²) < 4.78 is 33.9. The van der Waals surface area contributed by atoms with Crippen LogP contribution in [-0.2, 0) is 26.2 Å². The molecule has 0 aliphatic heterocycles. The van der Waals surface area contributed by atoms with E-state index in [0.29, 0.717) is 11.4 Å². The summed E-state index contributed by atoms with van der Waals surface area (Å²) in [4.78, 5) is 28.5. The minimum absolute atomic E-state index is 0.0689. The average molecular weight is 552 g/mol. The third kappa shape index (κ3) is 7.60. The zero-order valence-electron chi connectivity index (χ0n) is 23.1. The molecular weight excluding hydrogens is 514 g/mol. The number of hydrogen-bond acceptors (Lipinski definition) is 5. The molecule has 208 valence electrons. The highest BCUT2D eigenvalue weighted by Gasteiger charge is 2.32. The highest BCUT2D eigenvalue weighted by molar-refractivity contribution is 7.92. The van der Waals surface area contributed by atoms with Gasteiger partial charge >= 0.3 is 0 Å². The van der Waals surface area contributed by atoms with E-state index in [9.17, 15) is 18.0 Å². The van der Waals surface area contributed by atoms with Crippen molar-refractivity contribution < 1.29 is 22.7 Å². The molecule has 0 aliphatic carbocycles. The number of carbonyl (C=O) groups is 2. The number of nitrogens with zero attached hydrogens (tertiary/aromatic N) is 2. The number of sulfonamides is 1. The molecule has 0 saturated heterocycles. The molecule has 0 spiro atoms. The molecule has 0 aliphatic rings. The third-order valence-corrected chi connectivity index (χ3v) is 8.40. The molecule has 0 aromatic heterocycles. The van der Waals surface area contributed by atoms with Crippen LogP contribution in [0.1, 0.15) is 38.3 Å². The number of benzene rings is 3. The van der Waals surface area contributed by atoms with Gasteiger partial charge in [-0.25, -0.2) is 8.42 Å². The Labute approximate surface area is 231 Å². The third-order valence-electron chi connectivity index (χ3n) is 6.61. The van der Waals surface area contributed by atoms with Crippen molar-refractivity contribution in [2.45, 2.75) is 57.6 Å². The Hall–Kier alpha value is -3.85. The van der Waals surface area contributed by atoms with Crippen LogP contribution in [-0.4, -0.2) is 50.9 Å². The van der Waals surface area contributed by atoms with Crippen molar-refractivity contribution in [3.63, 3.8) is 0 Å². The Morgan fingerprint density at radius 1 is 0.923 bits per heavy atom. The van der Waals surface area contributed by atoms with Gasteiger partial charge in [0.1, 0.15) is 18.3 Å². The molecule has 0 saturated carbocycles. The number of ether oxygens (including phenoxy) is 1. The Morgan fingerprint density at radius 2 is 1.54 bits per heavy atom. The van der Waals surface area contributed by atoms with E-state index in [1.807, 2.05) is 32.9 Å². The monoisotopic (exact) mass is 551 g/mol. The average Bonchev–Trinajstić information content (AvgIpc) is 2.94. The molecule has 0 heterocycles. The molecule has 0 unspecified atom stereocenters. The first-order valence-electron chi connectivity index (χ1n) is 12.9. The number of rotatable bonds is 12. The minimum Gasteiger partial charge on any atom is -0.497 e. The van der Waals surface area contributed by atoms with Crippen molar-refractivity contribution >= 4 is 27.5 Å². The lowest BCUT2D eigenvalue weighted by atomic mass is 10.1. The second kappa shape index (κ2) is 13.3. The van der Waals surface area contributed by atoms with E-state index in [0.717, 1.165) is 21.9 Å². The topological polar surface area (TPSA) is 96.0 Å². The first kappa shape index (κ1) is 29.7. The first-order chi connectivity index (χ1) is 18.6. The number of nitrogens with one attached hydrogen (secondary N) is 1. The summed E-state index contributed by atoms with van der Waals surface area (Å²) in [6.45, 7) is 7.02. The molecule has 1 N–H and O–H groups in total. The number of anilines is 1. The van der Waals surface area contributed by atoms with Gasteiger partial charge in [-0.1, -0.05) is 55.0 Å². The normalized spacial score (nSPS) is 12.7. The molecule has 9 heteroatoms. The summed E-state index contributed by atoms with van der Waals surface area (Å²) in [7, 11) is -2.51. The van der Waals surface area contributed by atoms with Crippen LogP contribution < -0.4 is 14.4 Å². The molecule has 8 nitrogen and oxygen atoms in total. The lowest BCUT2D eigenvalue weighted by Crippen LogP contribution is -2.52. The summed E-state index contributed by atoms with van der Waals surface area (Å²) in [6.07, 6.45) is 0.738. The van der Waals surface area contributed by atoms with Gasteiger partial charge < -0.3 is 15.0 Å². The largest absolute Gasteiger partial charge is 0.497 e. The van der Waals surface area contributed by atoms with Gasteiger partial charge in [-0.15, -0.1) is 0 Å². The second-order valence-electron chi connectivity index (χ2n) is 9.52. The number of amides is 2. The van der Waals surface area contributed by atoms with Gasteiger partial charge in [-0.2, -0.15) is 0 Å². The quantitative estimate of drug-likeness (QED) is 0.357. The fourth-order valence-corrected chi connectivity index (χ4v) is 5.35. The van der Waals surface area contributed by atoms with Crippen molar-refractivity contribution in [2.24, 2.45) is 0 Å². The van der Waals surface area contributed by atoms with Gasteiger partial charge in [0.15, 0.2) is 0 Å². The number of para-hydroxylation sites is 1. The molecule has 0 fully saturated rings. The Morgan fingerprint density at radius 3 is 2.10 bits per heavy atom. The molecule has 3 aromatic rings. The summed E-state index contributed by atoms with van der Waals surface area (Å²) in [6, 6.07) is 21.3. The molecule has 39 heavy (non-hydrogen) atoms. The van der Waals surface area contributed by atoms with Gasteiger partial charge in [-0.3, -0.25) is 13.9 Å². The molecule has 0 radical (unpaired) electrons. The zero-order valence-corrected chi connectivity index (χ0v) is 23.9. The maximum Gasteiger partial charge on any atom is 0.264 e. The van der Waals surface area contributed by atoms with E-state index >= 15 is 0 Å². The van der Waals surface area contributed by atoms with Crippen LogP contribution in [0.4, 0.5) is 5.69 Å². The van der Waals surface area contributed by atoms with E-state index in [2.05, 4.69) is 5.32 Å². The van der Waals surface area contributed by atoms with Crippen LogP contribution in [0.3, 0.4) is 0 Å². The standard InChI is InChI=1S/C30H37N3O5S/c1-6-23(3)31-30(35)24(4)32(20-25-14-16-27(38-5)17-15-25)29(34)21-33(26-10-8-7-9-11-26)39(36,37)28-18-12-22(2)13-19-28/h7-19,23-24H,6,20-21H2,1-5H3,(H,31,35)/t23-,24+/m0/s1. The predicted octanol–water partition coefficient (Wildman–Crippen LogP) is 4.53. The summed E-state index contributed by atoms with van der Waals surface area (Å²) in [5.41, 5.74) is 2.05. The summed E-state index contributed by atoms with van der Waals surface area (Å²) in [5.74, 6) is -0.144. The summed E-state index contributed by atoms with van der Waals surface area (Å²) >= 11 is 0. The van der Waals surface area contributed by atoms with Crippen LogP contribution in [0.2, 0.25) is 0 Å². The van der Waals surface area contributed by atoms with Crippen LogP contribution in [0.5, 0.6) is 5.75 Å². The van der Waals surface area contributed by atoms with Gasteiger partial charge in [0.2, 0.25) is 11.8 Å². The highest BCUT2D eigenvalue weighted by Crippen LogP contribution is 2.25. The van der Waals surface area contributed by atoms with Gasteiger partial charge in [0.05, 0.1) is 17.7 Å². The van der Waals surface area contributed by atoms with Crippen molar-refractivity contribution in [1.29, 1.82) is 0 Å². The fourth-order valence-electron chi connectivity index (χ4n) is 3.94. The zero-order chi connectivity index (χ0) is 28.6. The first-order valence-corrected chi connectivity index (χ1v) is 14.4. The minimum atomic E-state index is -4.08. The maximum atomic E-state index is 13.9. The predicted molar refractivity (Wildman–Crippen MR) is 153 cm³/mol. The van der Waals surface area contributed by atoms with Crippen molar-refractivity contribution in [3.8, 4) is 5.75 Å². The van der Waals surface area contributed by atoms with Gasteiger partial charge in [0, 0.05) is 12.6 Å².